The highest BCUT2D eigenvalue weighted by Gasteiger charge is 2.40. The molecule has 1 aliphatic heterocycles. The van der Waals surface area contributed by atoms with Gasteiger partial charge in [-0.3, -0.25) is 14.4 Å². The van der Waals surface area contributed by atoms with Gasteiger partial charge in [-0.25, -0.2) is 4.90 Å². The van der Waals surface area contributed by atoms with E-state index in [1.807, 2.05) is 26.0 Å². The fourth-order valence-corrected chi connectivity index (χ4v) is 2.97. The second-order valence-corrected chi connectivity index (χ2v) is 5.95. The Morgan fingerprint density at radius 2 is 2.10 bits per heavy atom. The van der Waals surface area contributed by atoms with E-state index in [9.17, 15) is 14.4 Å². The Kier molecular flexibility index (Phi) is 4.13. The molecule has 0 bridgehead atoms. The second kappa shape index (κ2) is 5.66. The van der Waals surface area contributed by atoms with Crippen molar-refractivity contribution >= 4 is 35.2 Å². The van der Waals surface area contributed by atoms with Gasteiger partial charge in [-0.2, -0.15) is 0 Å². The monoisotopic (exact) mass is 293 g/mol. The van der Waals surface area contributed by atoms with Gasteiger partial charge in [0.1, 0.15) is 0 Å². The summed E-state index contributed by atoms with van der Waals surface area (Å²) in [6, 6.07) is 5.58. The molecule has 1 aromatic carbocycles. The van der Waals surface area contributed by atoms with Crippen molar-refractivity contribution in [1.29, 1.82) is 0 Å². The average Bonchev–Trinajstić information content (AvgIpc) is 2.65. The number of thioether (sulfide) groups is 1. The maximum atomic E-state index is 12.3. The van der Waals surface area contributed by atoms with Crippen molar-refractivity contribution in [3.63, 3.8) is 0 Å². The summed E-state index contributed by atoms with van der Waals surface area (Å²) in [5.41, 5.74) is 2.41. The van der Waals surface area contributed by atoms with E-state index in [2.05, 4.69) is 0 Å². The van der Waals surface area contributed by atoms with Crippen LogP contribution in [0.25, 0.3) is 0 Å². The molecule has 0 saturated carbocycles. The van der Waals surface area contributed by atoms with E-state index >= 15 is 0 Å². The summed E-state index contributed by atoms with van der Waals surface area (Å²) in [5, 5.41) is 8.06. The van der Waals surface area contributed by atoms with E-state index in [1.165, 1.54) is 4.90 Å². The number of hydrogen-bond donors (Lipinski definition) is 1. The largest absolute Gasteiger partial charge is 0.481 e. The van der Waals surface area contributed by atoms with Crippen LogP contribution in [0.3, 0.4) is 0 Å². The van der Waals surface area contributed by atoms with E-state index in [4.69, 9.17) is 5.11 Å². The molecule has 6 heteroatoms. The Bertz CT molecular complexity index is 585. The number of imide groups is 1. The van der Waals surface area contributed by atoms with Gasteiger partial charge in [0.05, 0.1) is 16.7 Å². The van der Waals surface area contributed by atoms with Gasteiger partial charge in [-0.15, -0.1) is 11.8 Å². The van der Waals surface area contributed by atoms with E-state index in [0.29, 0.717) is 5.69 Å². The van der Waals surface area contributed by atoms with Gasteiger partial charge in [-0.1, -0.05) is 12.1 Å². The molecule has 1 atom stereocenters. The Morgan fingerprint density at radius 1 is 1.40 bits per heavy atom. The van der Waals surface area contributed by atoms with Crippen LogP contribution in [0.15, 0.2) is 18.2 Å². The molecule has 106 valence electrons. The minimum absolute atomic E-state index is 0.0597. The molecule has 20 heavy (non-hydrogen) atoms. The molecule has 1 saturated heterocycles. The van der Waals surface area contributed by atoms with Crippen molar-refractivity contribution in [2.75, 3.05) is 10.7 Å². The Labute approximate surface area is 121 Å². The first-order chi connectivity index (χ1) is 9.40. The number of carboxylic acid groups (broad SMARTS) is 1. The molecule has 5 nitrogen and oxygen atoms in total. The van der Waals surface area contributed by atoms with Crippen molar-refractivity contribution < 1.29 is 19.5 Å². The SMILES string of the molecule is Cc1ccc(C)c(N2C(=O)CC(SCC(=O)O)C2=O)c1. The molecule has 1 heterocycles. The zero-order valence-electron chi connectivity index (χ0n) is 11.3. The lowest BCUT2D eigenvalue weighted by Gasteiger charge is -2.17. The minimum atomic E-state index is -0.986. The molecular formula is C14H15NO4S. The molecule has 1 unspecified atom stereocenters. The summed E-state index contributed by atoms with van der Waals surface area (Å²) in [7, 11) is 0. The topological polar surface area (TPSA) is 74.7 Å². The Hall–Kier alpha value is -1.82. The molecule has 0 spiro atoms. The van der Waals surface area contributed by atoms with Crippen LogP contribution in [0.4, 0.5) is 5.69 Å². The fraction of sp³-hybridized carbons (Fsp3) is 0.357. The highest BCUT2D eigenvalue weighted by atomic mass is 32.2. The number of carbonyl (C=O) groups is 3. The van der Waals surface area contributed by atoms with Gasteiger partial charge in [-0.05, 0) is 31.0 Å². The first-order valence-electron chi connectivity index (χ1n) is 6.17. The number of aryl methyl sites for hydroxylation is 2. The molecule has 1 N–H and O–H groups in total. The first kappa shape index (κ1) is 14.6. The third kappa shape index (κ3) is 2.85. The van der Waals surface area contributed by atoms with E-state index in [1.54, 1.807) is 6.07 Å². The summed E-state index contributed by atoms with van der Waals surface area (Å²) in [6.07, 6.45) is 0.0597. The lowest BCUT2D eigenvalue weighted by molar-refractivity contribution is -0.134. The van der Waals surface area contributed by atoms with E-state index < -0.39 is 11.2 Å². The van der Waals surface area contributed by atoms with Crippen LogP contribution >= 0.6 is 11.8 Å². The Balaban J connectivity index is 2.24. The summed E-state index contributed by atoms with van der Waals surface area (Å²) in [4.78, 5) is 36.1. The second-order valence-electron chi connectivity index (χ2n) is 4.75. The van der Waals surface area contributed by atoms with Crippen molar-refractivity contribution in [2.45, 2.75) is 25.5 Å². The molecule has 2 amide bonds. The van der Waals surface area contributed by atoms with Gasteiger partial charge >= 0.3 is 5.97 Å². The maximum Gasteiger partial charge on any atom is 0.313 e. The van der Waals surface area contributed by atoms with Crippen molar-refractivity contribution in [2.24, 2.45) is 0 Å². The molecular weight excluding hydrogens is 278 g/mol. The van der Waals surface area contributed by atoms with Crippen LogP contribution in [0.2, 0.25) is 0 Å². The summed E-state index contributed by atoms with van der Waals surface area (Å²) >= 11 is 1.00. The number of anilines is 1. The maximum absolute atomic E-state index is 12.3. The zero-order chi connectivity index (χ0) is 14.9. The highest BCUT2D eigenvalue weighted by molar-refractivity contribution is 8.01. The molecule has 1 aromatic rings. The summed E-state index contributed by atoms with van der Waals surface area (Å²) in [6.45, 7) is 3.73. The standard InChI is InChI=1S/C14H15NO4S/c1-8-3-4-9(2)10(5-8)15-12(16)6-11(14(15)19)20-7-13(17)18/h3-5,11H,6-7H2,1-2H3,(H,17,18). The number of carbonyl (C=O) groups excluding carboxylic acids is 2. The van der Waals surface area contributed by atoms with E-state index in [-0.39, 0.29) is 24.0 Å². The van der Waals surface area contributed by atoms with Gasteiger partial charge in [0.2, 0.25) is 11.8 Å². The quantitative estimate of drug-likeness (QED) is 0.856. The van der Waals surface area contributed by atoms with Crippen molar-refractivity contribution in [3.8, 4) is 0 Å². The van der Waals surface area contributed by atoms with Gasteiger partial charge in [0.25, 0.3) is 0 Å². The summed E-state index contributed by atoms with van der Waals surface area (Å²) < 4.78 is 0. The van der Waals surface area contributed by atoms with E-state index in [0.717, 1.165) is 22.9 Å². The third-order valence-electron chi connectivity index (χ3n) is 3.12. The van der Waals surface area contributed by atoms with Crippen molar-refractivity contribution in [1.82, 2.24) is 0 Å². The van der Waals surface area contributed by atoms with Crippen LogP contribution in [0.1, 0.15) is 17.5 Å². The number of amides is 2. The van der Waals surface area contributed by atoms with Crippen LogP contribution in [-0.2, 0) is 14.4 Å². The lowest BCUT2D eigenvalue weighted by Crippen LogP contribution is -2.32. The fourth-order valence-electron chi connectivity index (χ4n) is 2.12. The number of benzene rings is 1. The van der Waals surface area contributed by atoms with Crippen LogP contribution in [-0.4, -0.2) is 33.9 Å². The van der Waals surface area contributed by atoms with Gasteiger partial charge < -0.3 is 5.11 Å². The molecule has 0 aliphatic carbocycles. The van der Waals surface area contributed by atoms with Crippen LogP contribution in [0.5, 0.6) is 0 Å². The Morgan fingerprint density at radius 3 is 2.75 bits per heavy atom. The number of carboxylic acids is 1. The average molecular weight is 293 g/mol. The van der Waals surface area contributed by atoms with Crippen molar-refractivity contribution in [3.05, 3.63) is 29.3 Å². The molecule has 2 rings (SSSR count). The normalized spacial score (nSPS) is 18.7. The third-order valence-corrected chi connectivity index (χ3v) is 4.30. The molecule has 0 radical (unpaired) electrons. The lowest BCUT2D eigenvalue weighted by atomic mass is 10.1. The van der Waals surface area contributed by atoms with Crippen LogP contribution in [0, 0.1) is 13.8 Å². The number of nitrogens with zero attached hydrogens (tertiary/aromatic N) is 1. The predicted molar refractivity (Wildman–Crippen MR) is 76.9 cm³/mol. The van der Waals surface area contributed by atoms with Gasteiger partial charge in [0.15, 0.2) is 0 Å². The van der Waals surface area contributed by atoms with Crippen LogP contribution < -0.4 is 4.90 Å². The zero-order valence-corrected chi connectivity index (χ0v) is 12.1. The highest BCUT2D eigenvalue weighted by Crippen LogP contribution is 2.31. The minimum Gasteiger partial charge on any atom is -0.481 e. The smallest absolute Gasteiger partial charge is 0.313 e. The van der Waals surface area contributed by atoms with Gasteiger partial charge in [0, 0.05) is 6.42 Å². The predicted octanol–water partition coefficient (Wildman–Crippen LogP) is 1.75. The molecule has 0 aromatic heterocycles. The number of hydrogen-bond acceptors (Lipinski definition) is 4. The molecule has 1 aliphatic rings. The number of rotatable bonds is 4. The summed E-state index contributed by atoms with van der Waals surface area (Å²) in [5.74, 6) is -1.76. The first-order valence-corrected chi connectivity index (χ1v) is 7.22. The molecule has 1 fully saturated rings. The number of aliphatic carboxylic acids is 1.